The van der Waals surface area contributed by atoms with Crippen LogP contribution >= 0.6 is 0 Å². The molecule has 2 fully saturated rings. The molecule has 3 heteroatoms. The number of ether oxygens (including phenoxy) is 2. The average molecular weight is 220 g/mol. The molecule has 0 bridgehead atoms. The van der Waals surface area contributed by atoms with E-state index in [9.17, 15) is 5.11 Å². The topological polar surface area (TPSA) is 38.7 Å². The van der Waals surface area contributed by atoms with Crippen molar-refractivity contribution in [1.82, 2.24) is 0 Å². The molecule has 3 rings (SSSR count). The first-order valence-electron chi connectivity index (χ1n) is 5.79. The average Bonchev–Trinajstić information content (AvgIpc) is 3.18. The molecular formula is C13H16O3. The van der Waals surface area contributed by atoms with Crippen molar-refractivity contribution < 1.29 is 14.6 Å². The predicted octanol–water partition coefficient (Wildman–Crippen LogP) is 2.22. The van der Waals surface area contributed by atoms with Crippen molar-refractivity contribution in [1.29, 1.82) is 0 Å². The van der Waals surface area contributed by atoms with Crippen LogP contribution < -0.4 is 9.47 Å². The molecule has 86 valence electrons. The Labute approximate surface area is 95.0 Å². The van der Waals surface area contributed by atoms with Crippen molar-refractivity contribution in [2.24, 2.45) is 0 Å². The van der Waals surface area contributed by atoms with Crippen LogP contribution in [-0.4, -0.2) is 18.3 Å². The fourth-order valence-corrected chi connectivity index (χ4v) is 1.83. The van der Waals surface area contributed by atoms with Gasteiger partial charge in [0.05, 0.1) is 18.8 Å². The van der Waals surface area contributed by atoms with Crippen LogP contribution in [0.4, 0.5) is 0 Å². The first kappa shape index (κ1) is 9.97. The minimum Gasteiger partial charge on any atom is -0.493 e. The van der Waals surface area contributed by atoms with E-state index in [0.717, 1.165) is 42.7 Å². The monoisotopic (exact) mass is 220 g/mol. The molecule has 3 nitrogen and oxygen atoms in total. The molecule has 2 aliphatic carbocycles. The highest BCUT2D eigenvalue weighted by Gasteiger charge is 2.42. The van der Waals surface area contributed by atoms with Crippen molar-refractivity contribution in [2.75, 3.05) is 7.11 Å². The molecule has 0 radical (unpaired) electrons. The van der Waals surface area contributed by atoms with Crippen molar-refractivity contribution in [2.45, 2.75) is 37.4 Å². The SMILES string of the molecule is COc1cc(C2(O)CC2)ccc1OC1CC1. The highest BCUT2D eigenvalue weighted by atomic mass is 16.5. The molecular weight excluding hydrogens is 204 g/mol. The van der Waals surface area contributed by atoms with Gasteiger partial charge in [0.2, 0.25) is 0 Å². The van der Waals surface area contributed by atoms with Gasteiger partial charge in [0.15, 0.2) is 11.5 Å². The summed E-state index contributed by atoms with van der Waals surface area (Å²) in [6, 6.07) is 5.74. The molecule has 1 aromatic carbocycles. The van der Waals surface area contributed by atoms with E-state index in [4.69, 9.17) is 9.47 Å². The maximum Gasteiger partial charge on any atom is 0.161 e. The van der Waals surface area contributed by atoms with Crippen molar-refractivity contribution >= 4 is 0 Å². The summed E-state index contributed by atoms with van der Waals surface area (Å²) < 4.78 is 11.0. The van der Waals surface area contributed by atoms with E-state index in [1.54, 1.807) is 7.11 Å². The number of rotatable bonds is 4. The highest BCUT2D eigenvalue weighted by molar-refractivity contribution is 5.46. The largest absolute Gasteiger partial charge is 0.493 e. The van der Waals surface area contributed by atoms with Crippen LogP contribution in [0.2, 0.25) is 0 Å². The van der Waals surface area contributed by atoms with Gasteiger partial charge in [0.1, 0.15) is 0 Å². The van der Waals surface area contributed by atoms with E-state index < -0.39 is 5.60 Å². The second-order valence-corrected chi connectivity index (χ2v) is 4.71. The lowest BCUT2D eigenvalue weighted by atomic mass is 10.1. The van der Waals surface area contributed by atoms with Gasteiger partial charge < -0.3 is 14.6 Å². The maximum absolute atomic E-state index is 10.0. The second-order valence-electron chi connectivity index (χ2n) is 4.71. The number of hydrogen-bond acceptors (Lipinski definition) is 3. The molecule has 2 saturated carbocycles. The molecule has 0 spiro atoms. The van der Waals surface area contributed by atoms with Crippen LogP contribution in [0.3, 0.4) is 0 Å². The van der Waals surface area contributed by atoms with Gasteiger partial charge in [-0.2, -0.15) is 0 Å². The molecule has 16 heavy (non-hydrogen) atoms. The smallest absolute Gasteiger partial charge is 0.161 e. The third-order valence-electron chi connectivity index (χ3n) is 3.24. The van der Waals surface area contributed by atoms with Crippen LogP contribution in [0, 0.1) is 0 Å². The highest BCUT2D eigenvalue weighted by Crippen LogP contribution is 2.47. The van der Waals surface area contributed by atoms with Gasteiger partial charge in [0.25, 0.3) is 0 Å². The van der Waals surface area contributed by atoms with Gasteiger partial charge in [-0.1, -0.05) is 6.07 Å². The zero-order chi connectivity index (χ0) is 11.2. The Morgan fingerprint density at radius 3 is 2.56 bits per heavy atom. The number of aliphatic hydroxyl groups is 1. The molecule has 0 saturated heterocycles. The summed E-state index contributed by atoms with van der Waals surface area (Å²) in [6.07, 6.45) is 4.32. The lowest BCUT2D eigenvalue weighted by Gasteiger charge is -2.14. The first-order valence-corrected chi connectivity index (χ1v) is 5.79. The summed E-state index contributed by atoms with van der Waals surface area (Å²) in [6.45, 7) is 0. The fraction of sp³-hybridized carbons (Fsp3) is 0.538. The van der Waals surface area contributed by atoms with E-state index in [-0.39, 0.29) is 0 Å². The molecule has 2 aliphatic rings. The van der Waals surface area contributed by atoms with Gasteiger partial charge in [0, 0.05) is 0 Å². The molecule has 0 aliphatic heterocycles. The van der Waals surface area contributed by atoms with Crippen LogP contribution in [0.15, 0.2) is 18.2 Å². The van der Waals surface area contributed by atoms with E-state index in [2.05, 4.69) is 0 Å². The summed E-state index contributed by atoms with van der Waals surface area (Å²) in [5, 5.41) is 10.0. The lowest BCUT2D eigenvalue weighted by molar-refractivity contribution is 0.151. The minimum atomic E-state index is -0.606. The molecule has 0 atom stereocenters. The molecule has 1 N–H and O–H groups in total. The minimum absolute atomic E-state index is 0.365. The van der Waals surface area contributed by atoms with Crippen molar-refractivity contribution in [3.05, 3.63) is 23.8 Å². The zero-order valence-electron chi connectivity index (χ0n) is 9.40. The van der Waals surface area contributed by atoms with Crippen LogP contribution in [0.1, 0.15) is 31.2 Å². The quantitative estimate of drug-likeness (QED) is 0.845. The number of methoxy groups -OCH3 is 1. The van der Waals surface area contributed by atoms with Crippen molar-refractivity contribution in [3.8, 4) is 11.5 Å². The summed E-state index contributed by atoms with van der Waals surface area (Å²) in [5.74, 6) is 1.52. The van der Waals surface area contributed by atoms with Crippen molar-refractivity contribution in [3.63, 3.8) is 0 Å². The Balaban J connectivity index is 1.88. The summed E-state index contributed by atoms with van der Waals surface area (Å²) in [7, 11) is 1.63. The Bertz CT molecular complexity index is 406. The van der Waals surface area contributed by atoms with Crippen LogP contribution in [0.25, 0.3) is 0 Å². The molecule has 0 amide bonds. The normalized spacial score (nSPS) is 21.6. The van der Waals surface area contributed by atoms with Gasteiger partial charge in [-0.3, -0.25) is 0 Å². The summed E-state index contributed by atoms with van der Waals surface area (Å²) >= 11 is 0. The Kier molecular flexibility index (Phi) is 2.11. The van der Waals surface area contributed by atoms with E-state index in [0.29, 0.717) is 6.10 Å². The number of hydrogen-bond donors (Lipinski definition) is 1. The van der Waals surface area contributed by atoms with E-state index in [1.165, 1.54) is 0 Å². The van der Waals surface area contributed by atoms with Gasteiger partial charge >= 0.3 is 0 Å². The second kappa shape index (κ2) is 3.39. The zero-order valence-corrected chi connectivity index (χ0v) is 9.40. The number of benzene rings is 1. The molecule has 0 unspecified atom stereocenters. The van der Waals surface area contributed by atoms with Gasteiger partial charge in [-0.15, -0.1) is 0 Å². The third-order valence-corrected chi connectivity index (χ3v) is 3.24. The molecule has 1 aromatic rings. The maximum atomic E-state index is 10.0. The molecule has 0 heterocycles. The fourth-order valence-electron chi connectivity index (χ4n) is 1.83. The summed E-state index contributed by atoms with van der Waals surface area (Å²) in [5.41, 5.74) is 0.332. The summed E-state index contributed by atoms with van der Waals surface area (Å²) in [4.78, 5) is 0. The first-order chi connectivity index (χ1) is 7.71. The van der Waals surface area contributed by atoms with Gasteiger partial charge in [-0.25, -0.2) is 0 Å². The Morgan fingerprint density at radius 2 is 2.00 bits per heavy atom. The molecule has 0 aromatic heterocycles. The van der Waals surface area contributed by atoms with Crippen LogP contribution in [-0.2, 0) is 5.60 Å². The van der Waals surface area contributed by atoms with E-state index >= 15 is 0 Å². The standard InChI is InChI=1S/C13H16O3/c1-15-12-8-9(13(14)6-7-13)2-5-11(12)16-10-3-4-10/h2,5,8,10,14H,3-4,6-7H2,1H3. The predicted molar refractivity (Wildman–Crippen MR) is 59.8 cm³/mol. The Morgan fingerprint density at radius 1 is 1.25 bits per heavy atom. The third kappa shape index (κ3) is 1.76. The lowest BCUT2D eigenvalue weighted by Crippen LogP contribution is -2.05. The van der Waals surface area contributed by atoms with Gasteiger partial charge in [-0.05, 0) is 43.4 Å². The van der Waals surface area contributed by atoms with Crippen LogP contribution in [0.5, 0.6) is 11.5 Å². The van der Waals surface area contributed by atoms with E-state index in [1.807, 2.05) is 18.2 Å². The Hall–Kier alpha value is -1.22.